The van der Waals surface area contributed by atoms with Gasteiger partial charge in [0.2, 0.25) is 0 Å². The van der Waals surface area contributed by atoms with Gasteiger partial charge >= 0.3 is 12.1 Å². The van der Waals surface area contributed by atoms with Gasteiger partial charge in [0, 0.05) is 6.42 Å². The van der Waals surface area contributed by atoms with Crippen molar-refractivity contribution in [1.82, 2.24) is 5.32 Å². The summed E-state index contributed by atoms with van der Waals surface area (Å²) in [4.78, 5) is 24.0. The first-order chi connectivity index (χ1) is 9.88. The molecular formula is C16H29NO5. The van der Waals surface area contributed by atoms with E-state index in [1.54, 1.807) is 20.8 Å². The molecule has 1 rings (SSSR count). The van der Waals surface area contributed by atoms with E-state index in [2.05, 4.69) is 5.32 Å². The van der Waals surface area contributed by atoms with E-state index in [4.69, 9.17) is 9.47 Å². The highest BCUT2D eigenvalue weighted by Gasteiger charge is 2.49. The number of nitrogens with one attached hydrogen (secondary N) is 1. The van der Waals surface area contributed by atoms with Gasteiger partial charge in [-0.1, -0.05) is 27.2 Å². The van der Waals surface area contributed by atoms with Crippen LogP contribution in [0.15, 0.2) is 0 Å². The van der Waals surface area contributed by atoms with Crippen LogP contribution >= 0.6 is 0 Å². The van der Waals surface area contributed by atoms with Crippen molar-refractivity contribution in [3.8, 4) is 0 Å². The number of aliphatic hydroxyl groups is 1. The molecule has 2 atom stereocenters. The fourth-order valence-electron chi connectivity index (χ4n) is 2.52. The Hall–Kier alpha value is -1.30. The van der Waals surface area contributed by atoms with Crippen LogP contribution in [0.3, 0.4) is 0 Å². The molecule has 1 heterocycles. The van der Waals surface area contributed by atoms with Gasteiger partial charge in [0.1, 0.15) is 11.5 Å². The molecule has 0 bridgehead atoms. The molecule has 0 spiro atoms. The Morgan fingerprint density at radius 1 is 1.36 bits per heavy atom. The Labute approximate surface area is 132 Å². The quantitative estimate of drug-likeness (QED) is 0.601. The van der Waals surface area contributed by atoms with Gasteiger partial charge in [0.05, 0.1) is 6.61 Å². The summed E-state index contributed by atoms with van der Waals surface area (Å²) in [6.45, 7) is 11.4. The molecule has 1 aliphatic rings. The maximum absolute atomic E-state index is 12.1. The molecule has 1 saturated heterocycles. The first-order valence-electron chi connectivity index (χ1n) is 7.79. The summed E-state index contributed by atoms with van der Waals surface area (Å²) in [5.74, 6) is -1.25. The summed E-state index contributed by atoms with van der Waals surface area (Å²) in [7, 11) is 0. The molecule has 6 heteroatoms. The van der Waals surface area contributed by atoms with Crippen molar-refractivity contribution in [2.24, 2.45) is 11.3 Å². The van der Waals surface area contributed by atoms with E-state index < -0.39 is 29.3 Å². The van der Waals surface area contributed by atoms with Crippen LogP contribution in [-0.4, -0.2) is 35.1 Å². The number of hydrogen-bond donors (Lipinski definition) is 2. The van der Waals surface area contributed by atoms with Gasteiger partial charge in [0.15, 0.2) is 5.72 Å². The number of esters is 1. The van der Waals surface area contributed by atoms with Crippen molar-refractivity contribution in [2.75, 3.05) is 6.61 Å². The molecule has 6 nitrogen and oxygen atoms in total. The highest BCUT2D eigenvalue weighted by Crippen LogP contribution is 2.37. The molecule has 1 amide bonds. The number of hydrogen-bond acceptors (Lipinski definition) is 5. The third-order valence-electron chi connectivity index (χ3n) is 3.93. The highest BCUT2D eigenvalue weighted by atomic mass is 16.6. The second kappa shape index (κ2) is 6.44. The minimum absolute atomic E-state index is 0.243. The standard InChI is InChI=1S/C16H29NO5/c1-7-15(5,6)10-16(20,11-8-9-21-12(11)18)17-13(19)22-14(2,3)4/h11,20H,7-10H2,1-6H3,(H,17,19)/t11-,16+/m1/s1. The number of carbonyl (C=O) groups excluding carboxylic acids is 2. The molecule has 128 valence electrons. The second-order valence-electron chi connectivity index (χ2n) is 7.75. The SMILES string of the molecule is CCC(C)(C)C[C@@](O)(NC(=O)OC(C)(C)C)[C@@H]1CCOC1=O. The normalized spacial score (nSPS) is 22.0. The lowest BCUT2D eigenvalue weighted by molar-refractivity contribution is -0.153. The zero-order chi connectivity index (χ0) is 17.2. The molecule has 2 N–H and O–H groups in total. The van der Waals surface area contributed by atoms with Crippen molar-refractivity contribution in [1.29, 1.82) is 0 Å². The Morgan fingerprint density at radius 2 is 1.95 bits per heavy atom. The maximum atomic E-state index is 12.1. The summed E-state index contributed by atoms with van der Waals surface area (Å²) in [5, 5.41) is 13.5. The Kier molecular flexibility index (Phi) is 5.49. The van der Waals surface area contributed by atoms with Gasteiger partial charge in [-0.25, -0.2) is 4.79 Å². The Bertz CT molecular complexity index is 427. The van der Waals surface area contributed by atoms with Gasteiger partial charge in [-0.15, -0.1) is 0 Å². The average molecular weight is 315 g/mol. The number of rotatable bonds is 5. The van der Waals surface area contributed by atoms with E-state index in [0.29, 0.717) is 6.42 Å². The third kappa shape index (κ3) is 5.16. The predicted molar refractivity (Wildman–Crippen MR) is 82.1 cm³/mol. The number of alkyl carbamates (subject to hydrolysis) is 1. The number of ether oxygens (including phenoxy) is 2. The summed E-state index contributed by atoms with van der Waals surface area (Å²) in [5.41, 5.74) is -2.59. The van der Waals surface area contributed by atoms with E-state index >= 15 is 0 Å². The van der Waals surface area contributed by atoms with E-state index in [-0.39, 0.29) is 18.4 Å². The minimum atomic E-state index is -1.67. The Morgan fingerprint density at radius 3 is 2.36 bits per heavy atom. The molecule has 0 radical (unpaired) electrons. The molecule has 0 aromatic rings. The van der Waals surface area contributed by atoms with Crippen molar-refractivity contribution < 1.29 is 24.2 Å². The largest absolute Gasteiger partial charge is 0.465 e. The van der Waals surface area contributed by atoms with E-state index in [1.165, 1.54) is 0 Å². The Balaban J connectivity index is 2.96. The van der Waals surface area contributed by atoms with Gasteiger partial charge in [-0.05, 0) is 32.6 Å². The molecule has 1 fully saturated rings. The summed E-state index contributed by atoms with van der Waals surface area (Å²) in [6, 6.07) is 0. The van der Waals surface area contributed by atoms with E-state index in [1.807, 2.05) is 20.8 Å². The lowest BCUT2D eigenvalue weighted by Crippen LogP contribution is -2.58. The van der Waals surface area contributed by atoms with E-state index in [0.717, 1.165) is 6.42 Å². The lowest BCUT2D eigenvalue weighted by Gasteiger charge is -2.39. The topological polar surface area (TPSA) is 84.9 Å². The van der Waals surface area contributed by atoms with Crippen molar-refractivity contribution >= 4 is 12.1 Å². The molecule has 0 unspecified atom stereocenters. The van der Waals surface area contributed by atoms with E-state index in [9.17, 15) is 14.7 Å². The smallest absolute Gasteiger partial charge is 0.409 e. The van der Waals surface area contributed by atoms with Crippen LogP contribution in [0.5, 0.6) is 0 Å². The third-order valence-corrected chi connectivity index (χ3v) is 3.93. The summed E-state index contributed by atoms with van der Waals surface area (Å²) >= 11 is 0. The number of carbonyl (C=O) groups is 2. The zero-order valence-electron chi connectivity index (χ0n) is 14.5. The van der Waals surface area contributed by atoms with Gasteiger partial charge < -0.3 is 14.6 Å². The number of cyclic esters (lactones) is 1. The van der Waals surface area contributed by atoms with Crippen LogP contribution in [0.2, 0.25) is 0 Å². The molecule has 0 aliphatic carbocycles. The first-order valence-corrected chi connectivity index (χ1v) is 7.79. The van der Waals surface area contributed by atoms with Crippen LogP contribution in [0.25, 0.3) is 0 Å². The summed E-state index contributed by atoms with van der Waals surface area (Å²) < 4.78 is 10.2. The van der Waals surface area contributed by atoms with Crippen LogP contribution in [0.1, 0.15) is 60.8 Å². The average Bonchev–Trinajstić information content (AvgIpc) is 2.72. The van der Waals surface area contributed by atoms with Crippen molar-refractivity contribution in [2.45, 2.75) is 72.1 Å². The van der Waals surface area contributed by atoms with Crippen LogP contribution < -0.4 is 5.32 Å². The second-order valence-corrected chi connectivity index (χ2v) is 7.75. The van der Waals surface area contributed by atoms with Crippen LogP contribution in [-0.2, 0) is 14.3 Å². The molecule has 1 aliphatic heterocycles. The minimum Gasteiger partial charge on any atom is -0.465 e. The predicted octanol–water partition coefficient (Wildman–Crippen LogP) is 2.59. The molecule has 0 saturated carbocycles. The molecular weight excluding hydrogens is 286 g/mol. The fraction of sp³-hybridized carbons (Fsp3) is 0.875. The molecule has 0 aromatic heterocycles. The monoisotopic (exact) mass is 315 g/mol. The van der Waals surface area contributed by atoms with Crippen molar-refractivity contribution in [3.05, 3.63) is 0 Å². The first kappa shape index (κ1) is 18.7. The maximum Gasteiger partial charge on any atom is 0.409 e. The van der Waals surface area contributed by atoms with Gasteiger partial charge in [-0.3, -0.25) is 10.1 Å². The lowest BCUT2D eigenvalue weighted by atomic mass is 9.77. The molecule has 22 heavy (non-hydrogen) atoms. The zero-order valence-corrected chi connectivity index (χ0v) is 14.5. The van der Waals surface area contributed by atoms with Gasteiger partial charge in [-0.2, -0.15) is 0 Å². The number of amides is 1. The van der Waals surface area contributed by atoms with Crippen LogP contribution in [0.4, 0.5) is 4.79 Å². The summed E-state index contributed by atoms with van der Waals surface area (Å²) in [6.07, 6.45) is 0.689. The molecule has 0 aromatic carbocycles. The van der Waals surface area contributed by atoms with Crippen molar-refractivity contribution in [3.63, 3.8) is 0 Å². The fourth-order valence-corrected chi connectivity index (χ4v) is 2.52. The van der Waals surface area contributed by atoms with Gasteiger partial charge in [0.25, 0.3) is 0 Å². The highest BCUT2D eigenvalue weighted by molar-refractivity contribution is 5.77. The van der Waals surface area contributed by atoms with Crippen LogP contribution in [0, 0.1) is 11.3 Å².